The highest BCUT2D eigenvalue weighted by Crippen LogP contribution is 2.34. The normalized spacial score (nSPS) is 29.1. The molecule has 0 saturated carbocycles. The van der Waals surface area contributed by atoms with Crippen LogP contribution in [0.2, 0.25) is 0 Å². The summed E-state index contributed by atoms with van der Waals surface area (Å²) in [6.45, 7) is 5.73. The van der Waals surface area contributed by atoms with Gasteiger partial charge in [-0.1, -0.05) is 0 Å². The van der Waals surface area contributed by atoms with Crippen LogP contribution >= 0.6 is 0 Å². The number of ether oxygens (including phenoxy) is 1. The molecule has 5 heteroatoms. The lowest BCUT2D eigenvalue weighted by molar-refractivity contribution is -0.902. The number of quaternary nitrogens is 1. The lowest BCUT2D eigenvalue weighted by Gasteiger charge is -2.43. The molecule has 0 saturated heterocycles. The Bertz CT molecular complexity index is 342. The number of hydrogen-bond donors (Lipinski definition) is 1. The molecule has 5 nitrogen and oxygen atoms in total. The van der Waals surface area contributed by atoms with E-state index >= 15 is 0 Å². The van der Waals surface area contributed by atoms with E-state index in [9.17, 15) is 14.7 Å². The van der Waals surface area contributed by atoms with Crippen molar-refractivity contribution in [2.45, 2.75) is 32.4 Å². The third kappa shape index (κ3) is 1.61. The largest absolute Gasteiger partial charge is 0.515 e. The summed E-state index contributed by atoms with van der Waals surface area (Å²) >= 11 is 0. The topological polar surface area (TPSA) is 63.6 Å². The second kappa shape index (κ2) is 3.90. The standard InChI is InChI=1S/C11H17NO4/c1-11(2,3)12(10(14)15)7-5-6-8(12)9(13)16-4/h5-6,8H,7H2,1-4H3/p+1. The average molecular weight is 228 g/mol. The third-order valence-electron chi connectivity index (χ3n) is 3.17. The molecule has 0 aliphatic carbocycles. The first kappa shape index (κ1) is 12.7. The van der Waals surface area contributed by atoms with Crippen molar-refractivity contribution in [2.75, 3.05) is 13.7 Å². The Kier molecular flexibility index (Phi) is 3.10. The van der Waals surface area contributed by atoms with Crippen molar-refractivity contribution in [2.24, 2.45) is 0 Å². The van der Waals surface area contributed by atoms with Crippen LogP contribution in [0.5, 0.6) is 0 Å². The summed E-state index contributed by atoms with van der Waals surface area (Å²) in [6.07, 6.45) is 2.33. The van der Waals surface area contributed by atoms with Crippen molar-refractivity contribution in [1.29, 1.82) is 0 Å². The van der Waals surface area contributed by atoms with Crippen molar-refractivity contribution < 1.29 is 23.9 Å². The predicted molar refractivity (Wildman–Crippen MR) is 57.8 cm³/mol. The van der Waals surface area contributed by atoms with E-state index in [1.165, 1.54) is 7.11 Å². The molecule has 2 atom stereocenters. The van der Waals surface area contributed by atoms with Gasteiger partial charge in [-0.05, 0) is 32.9 Å². The first-order valence-electron chi connectivity index (χ1n) is 5.13. The van der Waals surface area contributed by atoms with Gasteiger partial charge in [-0.25, -0.2) is 4.79 Å². The van der Waals surface area contributed by atoms with Crippen molar-refractivity contribution in [3.05, 3.63) is 12.2 Å². The van der Waals surface area contributed by atoms with Gasteiger partial charge in [0.15, 0.2) is 0 Å². The van der Waals surface area contributed by atoms with Gasteiger partial charge in [0.05, 0.1) is 7.11 Å². The van der Waals surface area contributed by atoms with Gasteiger partial charge in [-0.3, -0.25) is 0 Å². The summed E-state index contributed by atoms with van der Waals surface area (Å²) in [5.41, 5.74) is -0.575. The highest BCUT2D eigenvalue weighted by Gasteiger charge is 2.57. The van der Waals surface area contributed by atoms with E-state index < -0.39 is 23.6 Å². The van der Waals surface area contributed by atoms with Crippen LogP contribution in [0.1, 0.15) is 20.8 Å². The van der Waals surface area contributed by atoms with Crippen molar-refractivity contribution in [1.82, 2.24) is 0 Å². The lowest BCUT2D eigenvalue weighted by Crippen LogP contribution is -2.68. The van der Waals surface area contributed by atoms with Gasteiger partial charge in [0.25, 0.3) is 0 Å². The Labute approximate surface area is 94.9 Å². The van der Waals surface area contributed by atoms with Gasteiger partial charge in [0.2, 0.25) is 6.04 Å². The smallest absolute Gasteiger partial charge is 0.464 e. The molecule has 90 valence electrons. The summed E-state index contributed by atoms with van der Waals surface area (Å²) < 4.78 is 4.33. The van der Waals surface area contributed by atoms with E-state index in [0.29, 0.717) is 6.54 Å². The maximum atomic E-state index is 11.6. The molecule has 1 N–H and O–H groups in total. The van der Waals surface area contributed by atoms with Crippen LogP contribution in [-0.4, -0.2) is 46.9 Å². The number of amides is 1. The highest BCUT2D eigenvalue weighted by molar-refractivity contribution is 5.79. The zero-order chi connectivity index (χ0) is 12.6. The maximum absolute atomic E-state index is 11.6. The molecule has 1 aliphatic rings. The van der Waals surface area contributed by atoms with Gasteiger partial charge in [0, 0.05) is 0 Å². The number of carbonyl (C=O) groups is 2. The van der Waals surface area contributed by atoms with Crippen molar-refractivity contribution in [3.8, 4) is 0 Å². The molecular formula is C11H18NO4+. The summed E-state index contributed by atoms with van der Waals surface area (Å²) in [5.74, 6) is -0.508. The molecule has 1 amide bonds. The van der Waals surface area contributed by atoms with Crippen molar-refractivity contribution in [3.63, 3.8) is 0 Å². The summed E-state index contributed by atoms with van der Waals surface area (Å²) in [7, 11) is 1.27. The van der Waals surface area contributed by atoms with Crippen LogP contribution in [-0.2, 0) is 9.53 Å². The Morgan fingerprint density at radius 1 is 1.44 bits per heavy atom. The van der Waals surface area contributed by atoms with E-state index in [2.05, 4.69) is 4.74 Å². The average Bonchev–Trinajstić information content (AvgIpc) is 2.60. The Morgan fingerprint density at radius 2 is 2.00 bits per heavy atom. The Morgan fingerprint density at radius 3 is 2.38 bits per heavy atom. The first-order valence-corrected chi connectivity index (χ1v) is 5.13. The Hall–Kier alpha value is -1.36. The molecule has 1 heterocycles. The van der Waals surface area contributed by atoms with Gasteiger partial charge in [0.1, 0.15) is 12.1 Å². The van der Waals surface area contributed by atoms with Crippen LogP contribution < -0.4 is 0 Å². The van der Waals surface area contributed by atoms with E-state index in [1.807, 2.05) is 20.8 Å². The summed E-state index contributed by atoms with van der Waals surface area (Å²) in [5, 5.41) is 9.44. The van der Waals surface area contributed by atoms with Crippen LogP contribution in [0.15, 0.2) is 12.2 Å². The van der Waals surface area contributed by atoms with Crippen molar-refractivity contribution >= 4 is 12.1 Å². The first-order chi connectivity index (χ1) is 7.27. The number of rotatable bonds is 1. The fourth-order valence-corrected chi connectivity index (χ4v) is 2.17. The van der Waals surface area contributed by atoms with Crippen LogP contribution in [0.3, 0.4) is 0 Å². The number of nitrogens with zero attached hydrogens (tertiary/aromatic N) is 1. The molecule has 0 aromatic heterocycles. The minimum Gasteiger partial charge on any atom is -0.464 e. The van der Waals surface area contributed by atoms with E-state index in [0.717, 1.165) is 0 Å². The van der Waals surface area contributed by atoms with Crippen LogP contribution in [0, 0.1) is 0 Å². The second-order valence-electron chi connectivity index (χ2n) is 4.90. The van der Waals surface area contributed by atoms with Crippen LogP contribution in [0.25, 0.3) is 0 Å². The lowest BCUT2D eigenvalue weighted by atomic mass is 10.00. The number of esters is 1. The molecule has 2 unspecified atom stereocenters. The molecule has 0 bridgehead atoms. The summed E-state index contributed by atoms with van der Waals surface area (Å²) in [4.78, 5) is 23.2. The maximum Gasteiger partial charge on any atom is 0.515 e. The molecule has 0 fully saturated rings. The van der Waals surface area contributed by atoms with E-state index in [4.69, 9.17) is 0 Å². The zero-order valence-corrected chi connectivity index (χ0v) is 10.1. The minimum atomic E-state index is -1.01. The van der Waals surface area contributed by atoms with Gasteiger partial charge in [-0.15, -0.1) is 0 Å². The molecule has 0 spiro atoms. The highest BCUT2D eigenvalue weighted by atomic mass is 16.5. The SMILES string of the molecule is COC(=O)C1C=CC[N+]1(C(=O)O)C(C)(C)C. The van der Waals surface area contributed by atoms with E-state index in [1.54, 1.807) is 12.2 Å². The number of hydrogen-bond acceptors (Lipinski definition) is 3. The second-order valence-corrected chi connectivity index (χ2v) is 4.90. The number of methoxy groups -OCH3 is 1. The number of carbonyl (C=O) groups excluding carboxylic acids is 1. The fraction of sp³-hybridized carbons (Fsp3) is 0.636. The van der Waals surface area contributed by atoms with Gasteiger partial charge >= 0.3 is 12.1 Å². The quantitative estimate of drug-likeness (QED) is 0.418. The molecule has 0 radical (unpaired) electrons. The van der Waals surface area contributed by atoms with Gasteiger partial charge < -0.3 is 9.84 Å². The Balaban J connectivity index is 3.23. The molecular weight excluding hydrogens is 210 g/mol. The summed E-state index contributed by atoms with van der Waals surface area (Å²) in [6, 6.07) is -0.762. The fourth-order valence-electron chi connectivity index (χ4n) is 2.17. The number of carboxylic acid groups (broad SMARTS) is 1. The monoisotopic (exact) mass is 228 g/mol. The zero-order valence-electron chi connectivity index (χ0n) is 10.1. The molecule has 0 aromatic carbocycles. The van der Waals surface area contributed by atoms with Gasteiger partial charge in [-0.2, -0.15) is 9.28 Å². The molecule has 0 aromatic rings. The minimum absolute atomic E-state index is 0.304. The van der Waals surface area contributed by atoms with Crippen LogP contribution in [0.4, 0.5) is 4.79 Å². The molecule has 1 rings (SSSR count). The molecule has 16 heavy (non-hydrogen) atoms. The predicted octanol–water partition coefficient (Wildman–Crippen LogP) is 1.39. The molecule has 1 aliphatic heterocycles. The van der Waals surface area contributed by atoms with E-state index in [-0.39, 0.29) is 4.48 Å². The third-order valence-corrected chi connectivity index (χ3v) is 3.17.